The zero-order valence-corrected chi connectivity index (χ0v) is 17.1. The van der Waals surface area contributed by atoms with Crippen LogP contribution in [0.3, 0.4) is 0 Å². The molecular weight excluding hydrogens is 340 g/mol. The Kier molecular flexibility index (Phi) is 7.11. The van der Waals surface area contributed by atoms with Crippen molar-refractivity contribution in [1.82, 2.24) is 10.2 Å². The summed E-state index contributed by atoms with van der Waals surface area (Å²) in [5.74, 6) is 1.73. The number of hydrogen-bond donors (Lipinski definition) is 1. The monoisotopic (exact) mass is 370 g/mol. The van der Waals surface area contributed by atoms with Crippen LogP contribution in [0.5, 0.6) is 11.5 Å². The van der Waals surface area contributed by atoms with Crippen molar-refractivity contribution in [2.75, 3.05) is 21.3 Å². The zero-order chi connectivity index (χ0) is 20.0. The summed E-state index contributed by atoms with van der Waals surface area (Å²) in [5.41, 5.74) is 4.37. The summed E-state index contributed by atoms with van der Waals surface area (Å²) in [6.45, 7) is 6.59. The van der Waals surface area contributed by atoms with Gasteiger partial charge >= 0.3 is 6.03 Å². The zero-order valence-electron chi connectivity index (χ0n) is 17.1. The number of amides is 2. The Morgan fingerprint density at radius 3 is 2.33 bits per heavy atom. The average Bonchev–Trinajstić information content (AvgIpc) is 2.61. The molecule has 0 aliphatic heterocycles. The minimum absolute atomic E-state index is 0.0198. The van der Waals surface area contributed by atoms with E-state index >= 15 is 0 Å². The number of hydrogen-bond acceptors (Lipinski definition) is 3. The molecule has 0 saturated carbocycles. The highest BCUT2D eigenvalue weighted by Gasteiger charge is 2.14. The lowest BCUT2D eigenvalue weighted by Gasteiger charge is -2.22. The number of nitrogens with one attached hydrogen (secondary N) is 1. The normalized spacial score (nSPS) is 11.6. The molecule has 2 aromatic carbocycles. The molecule has 5 heteroatoms. The van der Waals surface area contributed by atoms with Crippen LogP contribution < -0.4 is 14.8 Å². The lowest BCUT2D eigenvalue weighted by molar-refractivity contribution is 0.203. The quantitative estimate of drug-likeness (QED) is 0.798. The third-order valence-corrected chi connectivity index (χ3v) is 4.54. The van der Waals surface area contributed by atoms with Crippen molar-refractivity contribution in [3.63, 3.8) is 0 Å². The third kappa shape index (κ3) is 5.64. The molecule has 0 radical (unpaired) electrons. The van der Waals surface area contributed by atoms with Crippen molar-refractivity contribution in [2.45, 2.75) is 39.8 Å². The number of benzene rings is 2. The lowest BCUT2D eigenvalue weighted by Crippen LogP contribution is -2.42. The topological polar surface area (TPSA) is 50.8 Å². The summed E-state index contributed by atoms with van der Waals surface area (Å²) in [6, 6.07) is 12.0. The number of urea groups is 1. The number of aryl methyl sites for hydroxylation is 2. The predicted molar refractivity (Wildman–Crippen MR) is 109 cm³/mol. The molecule has 0 saturated heterocycles. The summed E-state index contributed by atoms with van der Waals surface area (Å²) in [5, 5.41) is 3.06. The maximum Gasteiger partial charge on any atom is 0.317 e. The van der Waals surface area contributed by atoms with Gasteiger partial charge in [0.1, 0.15) is 11.5 Å². The first-order chi connectivity index (χ1) is 12.8. The smallest absolute Gasteiger partial charge is 0.317 e. The van der Waals surface area contributed by atoms with Crippen molar-refractivity contribution in [1.29, 1.82) is 0 Å². The van der Waals surface area contributed by atoms with Gasteiger partial charge in [0.2, 0.25) is 0 Å². The van der Waals surface area contributed by atoms with Gasteiger partial charge < -0.3 is 19.7 Å². The predicted octanol–water partition coefficient (Wildman–Crippen LogP) is 4.09. The van der Waals surface area contributed by atoms with Crippen molar-refractivity contribution < 1.29 is 14.3 Å². The van der Waals surface area contributed by atoms with Crippen molar-refractivity contribution >= 4 is 6.03 Å². The molecule has 0 aliphatic rings. The minimum Gasteiger partial charge on any atom is -0.497 e. The second-order valence-electron chi connectivity index (χ2n) is 7.03. The standard InChI is InChI=1S/C22H30N2O3/c1-15-10-19(11-16(2)21(15)27-6)14-24(4)22(25)23-17(3)12-18-8-7-9-20(13-18)26-5/h7-11,13,17H,12,14H2,1-6H3,(H,23,25). The van der Waals surface area contributed by atoms with Crippen LogP contribution in [0.2, 0.25) is 0 Å². The van der Waals surface area contributed by atoms with Gasteiger partial charge in [-0.05, 0) is 61.6 Å². The molecule has 2 rings (SSSR count). The Balaban J connectivity index is 1.94. The van der Waals surface area contributed by atoms with E-state index in [9.17, 15) is 4.79 Å². The van der Waals surface area contributed by atoms with Crippen LogP contribution in [0.15, 0.2) is 36.4 Å². The van der Waals surface area contributed by atoms with Gasteiger partial charge in [-0.25, -0.2) is 4.79 Å². The molecular formula is C22H30N2O3. The molecule has 2 aromatic rings. The Morgan fingerprint density at radius 2 is 1.74 bits per heavy atom. The van der Waals surface area contributed by atoms with E-state index in [4.69, 9.17) is 9.47 Å². The Bertz CT molecular complexity index is 766. The van der Waals surface area contributed by atoms with Gasteiger partial charge in [-0.3, -0.25) is 0 Å². The largest absolute Gasteiger partial charge is 0.497 e. The average molecular weight is 370 g/mol. The van der Waals surface area contributed by atoms with Gasteiger partial charge in [0.05, 0.1) is 14.2 Å². The van der Waals surface area contributed by atoms with Gasteiger partial charge in [0, 0.05) is 19.6 Å². The number of ether oxygens (including phenoxy) is 2. The number of carbonyl (C=O) groups excluding carboxylic acids is 1. The van der Waals surface area contributed by atoms with Gasteiger partial charge in [-0.15, -0.1) is 0 Å². The molecule has 1 atom stereocenters. The Morgan fingerprint density at radius 1 is 1.07 bits per heavy atom. The first-order valence-electron chi connectivity index (χ1n) is 9.12. The van der Waals surface area contributed by atoms with Gasteiger partial charge in [0.15, 0.2) is 0 Å². The first kappa shape index (κ1) is 20.6. The second kappa shape index (κ2) is 9.31. The maximum atomic E-state index is 12.5. The fourth-order valence-electron chi connectivity index (χ4n) is 3.32. The van der Waals surface area contributed by atoms with Gasteiger partial charge in [-0.2, -0.15) is 0 Å². The molecule has 0 bridgehead atoms. The molecule has 27 heavy (non-hydrogen) atoms. The van der Waals surface area contributed by atoms with Crippen LogP contribution in [0.25, 0.3) is 0 Å². The summed E-state index contributed by atoms with van der Waals surface area (Å²) >= 11 is 0. The molecule has 146 valence electrons. The molecule has 2 amide bonds. The number of rotatable bonds is 7. The molecule has 0 fully saturated rings. The van der Waals surface area contributed by atoms with Crippen molar-refractivity contribution in [3.8, 4) is 11.5 Å². The van der Waals surface area contributed by atoms with E-state index in [1.54, 1.807) is 19.1 Å². The number of nitrogens with zero attached hydrogens (tertiary/aromatic N) is 1. The summed E-state index contributed by atoms with van der Waals surface area (Å²) in [4.78, 5) is 14.2. The number of carbonyl (C=O) groups is 1. The van der Waals surface area contributed by atoms with Gasteiger partial charge in [0.25, 0.3) is 0 Å². The summed E-state index contributed by atoms with van der Waals surface area (Å²) in [6.07, 6.45) is 0.748. The van der Waals surface area contributed by atoms with E-state index in [2.05, 4.69) is 17.4 Å². The van der Waals surface area contributed by atoms with E-state index in [0.717, 1.165) is 40.2 Å². The maximum absolute atomic E-state index is 12.5. The highest BCUT2D eigenvalue weighted by Crippen LogP contribution is 2.24. The molecule has 1 unspecified atom stereocenters. The van der Waals surface area contributed by atoms with E-state index in [1.807, 2.05) is 52.1 Å². The molecule has 0 aromatic heterocycles. The van der Waals surface area contributed by atoms with Crippen LogP contribution in [0.4, 0.5) is 4.79 Å². The van der Waals surface area contributed by atoms with Crippen LogP contribution >= 0.6 is 0 Å². The third-order valence-electron chi connectivity index (χ3n) is 4.54. The summed E-state index contributed by atoms with van der Waals surface area (Å²) < 4.78 is 10.7. The van der Waals surface area contributed by atoms with E-state index in [-0.39, 0.29) is 12.1 Å². The van der Waals surface area contributed by atoms with Crippen LogP contribution in [0, 0.1) is 13.8 Å². The van der Waals surface area contributed by atoms with E-state index in [1.165, 1.54) is 0 Å². The van der Waals surface area contributed by atoms with Gasteiger partial charge in [-0.1, -0.05) is 24.3 Å². The molecule has 0 spiro atoms. The lowest BCUT2D eigenvalue weighted by atomic mass is 10.1. The van der Waals surface area contributed by atoms with E-state index < -0.39 is 0 Å². The molecule has 0 aliphatic carbocycles. The van der Waals surface area contributed by atoms with Crippen molar-refractivity contribution in [2.24, 2.45) is 0 Å². The fraction of sp³-hybridized carbons (Fsp3) is 0.409. The van der Waals surface area contributed by atoms with E-state index in [0.29, 0.717) is 6.54 Å². The summed E-state index contributed by atoms with van der Waals surface area (Å²) in [7, 11) is 5.14. The molecule has 1 N–H and O–H groups in total. The second-order valence-corrected chi connectivity index (χ2v) is 7.03. The number of methoxy groups -OCH3 is 2. The van der Waals surface area contributed by atoms with Crippen molar-refractivity contribution in [3.05, 3.63) is 58.7 Å². The minimum atomic E-state index is -0.0866. The van der Waals surface area contributed by atoms with Crippen LogP contribution in [0.1, 0.15) is 29.2 Å². The highest BCUT2D eigenvalue weighted by atomic mass is 16.5. The SMILES string of the molecule is COc1cccc(CC(C)NC(=O)N(C)Cc2cc(C)c(OC)c(C)c2)c1. The fourth-order valence-corrected chi connectivity index (χ4v) is 3.32. The highest BCUT2D eigenvalue weighted by molar-refractivity contribution is 5.74. The molecule has 5 nitrogen and oxygen atoms in total. The Hall–Kier alpha value is -2.69. The molecule has 0 heterocycles. The first-order valence-corrected chi connectivity index (χ1v) is 9.12. The Labute approximate surface area is 162 Å². The van der Waals surface area contributed by atoms with Crippen LogP contribution in [-0.4, -0.2) is 38.2 Å². The van der Waals surface area contributed by atoms with Crippen LogP contribution in [-0.2, 0) is 13.0 Å².